The number of hydrogen-bond acceptors (Lipinski definition) is 6. The van der Waals surface area contributed by atoms with Crippen molar-refractivity contribution in [1.82, 2.24) is 0 Å². The highest BCUT2D eigenvalue weighted by atomic mass is 16.7. The highest BCUT2D eigenvalue weighted by molar-refractivity contribution is 5.60. The van der Waals surface area contributed by atoms with Gasteiger partial charge in [0.1, 0.15) is 29.5 Å². The lowest BCUT2D eigenvalue weighted by molar-refractivity contribution is 0.0661. The minimum absolute atomic E-state index is 0.357. The van der Waals surface area contributed by atoms with Crippen LogP contribution in [0, 0.1) is 0 Å². The first kappa shape index (κ1) is 20.9. The fourth-order valence-electron chi connectivity index (χ4n) is 2.68. The second kappa shape index (κ2) is 11.3. The summed E-state index contributed by atoms with van der Waals surface area (Å²) in [7, 11) is 0. The van der Waals surface area contributed by atoms with Gasteiger partial charge in [-0.15, -0.1) is 0 Å². The smallest absolute Gasteiger partial charge is 0.145 e. The van der Waals surface area contributed by atoms with Crippen molar-refractivity contribution in [2.45, 2.75) is 27.7 Å². The number of anilines is 2. The minimum Gasteiger partial charge on any atom is -0.492 e. The van der Waals surface area contributed by atoms with Gasteiger partial charge in [0.15, 0.2) is 0 Å². The Kier molecular flexibility index (Phi) is 8.74. The van der Waals surface area contributed by atoms with Crippen molar-refractivity contribution < 1.29 is 19.1 Å². The van der Waals surface area contributed by atoms with Crippen molar-refractivity contribution >= 4 is 11.4 Å². The van der Waals surface area contributed by atoms with Gasteiger partial charge >= 0.3 is 0 Å². The van der Waals surface area contributed by atoms with E-state index in [0.29, 0.717) is 33.1 Å². The second-order valence-corrected chi connectivity index (χ2v) is 5.54. The van der Waals surface area contributed by atoms with E-state index in [4.69, 9.17) is 19.1 Å². The number of hydroxylamine groups is 2. The van der Waals surface area contributed by atoms with Gasteiger partial charge in [-0.3, -0.25) is 9.68 Å². The monoisotopic (exact) mass is 374 g/mol. The summed E-state index contributed by atoms with van der Waals surface area (Å²) in [5.41, 5.74) is 1.69. The molecule has 0 aliphatic rings. The number of ether oxygens (including phenoxy) is 2. The van der Waals surface area contributed by atoms with E-state index in [1.54, 1.807) is 10.1 Å². The minimum atomic E-state index is 0.357. The molecular formula is C21H30N2O4. The molecule has 0 saturated heterocycles. The molecule has 0 aliphatic heterocycles. The van der Waals surface area contributed by atoms with E-state index in [-0.39, 0.29) is 0 Å². The van der Waals surface area contributed by atoms with E-state index in [0.717, 1.165) is 22.9 Å². The van der Waals surface area contributed by atoms with Gasteiger partial charge in [-0.05, 0) is 52.0 Å². The molecule has 0 radical (unpaired) electrons. The van der Waals surface area contributed by atoms with Crippen molar-refractivity contribution in [3.63, 3.8) is 0 Å². The molecule has 0 bridgehead atoms. The first-order valence-corrected chi connectivity index (χ1v) is 9.49. The Morgan fingerprint density at radius 3 is 1.37 bits per heavy atom. The summed E-state index contributed by atoms with van der Waals surface area (Å²) in [6.07, 6.45) is 0. The van der Waals surface area contributed by atoms with Crippen LogP contribution < -0.4 is 19.6 Å². The van der Waals surface area contributed by atoms with Gasteiger partial charge in [-0.25, -0.2) is 10.1 Å². The van der Waals surface area contributed by atoms with Crippen molar-refractivity contribution in [3.05, 3.63) is 48.5 Å². The van der Waals surface area contributed by atoms with E-state index in [2.05, 4.69) is 0 Å². The van der Waals surface area contributed by atoms with Gasteiger partial charge < -0.3 is 9.47 Å². The van der Waals surface area contributed by atoms with Gasteiger partial charge in [0.2, 0.25) is 0 Å². The number of hydrogen-bond donors (Lipinski definition) is 0. The quantitative estimate of drug-likeness (QED) is 0.398. The van der Waals surface area contributed by atoms with Crippen LogP contribution in [0.25, 0.3) is 0 Å². The van der Waals surface area contributed by atoms with Gasteiger partial charge in [-0.2, -0.15) is 0 Å². The van der Waals surface area contributed by atoms with E-state index < -0.39 is 0 Å². The maximum absolute atomic E-state index is 5.90. The zero-order valence-electron chi connectivity index (χ0n) is 16.7. The average Bonchev–Trinajstić information content (AvgIpc) is 2.69. The zero-order valence-corrected chi connectivity index (χ0v) is 16.7. The Morgan fingerprint density at radius 2 is 1.00 bits per heavy atom. The van der Waals surface area contributed by atoms with Crippen molar-refractivity contribution in [3.8, 4) is 11.5 Å². The van der Waals surface area contributed by atoms with Crippen LogP contribution >= 0.6 is 0 Å². The van der Waals surface area contributed by atoms with Crippen molar-refractivity contribution in [2.24, 2.45) is 0 Å². The summed E-state index contributed by atoms with van der Waals surface area (Å²) in [5.74, 6) is 1.53. The molecule has 0 atom stereocenters. The van der Waals surface area contributed by atoms with E-state index in [1.165, 1.54) is 0 Å². The Labute approximate surface area is 162 Å². The van der Waals surface area contributed by atoms with Crippen LogP contribution in [0.1, 0.15) is 27.7 Å². The first-order chi connectivity index (χ1) is 13.2. The maximum Gasteiger partial charge on any atom is 0.145 e. The molecule has 0 saturated carbocycles. The summed E-state index contributed by atoms with van der Waals surface area (Å²) in [6, 6.07) is 15.6. The summed E-state index contributed by atoms with van der Waals surface area (Å²) >= 11 is 0. The van der Waals surface area contributed by atoms with Crippen LogP contribution in [0.15, 0.2) is 48.5 Å². The van der Waals surface area contributed by atoms with Crippen LogP contribution in [0.2, 0.25) is 0 Å². The summed E-state index contributed by atoms with van der Waals surface area (Å²) in [4.78, 5) is 11.8. The van der Waals surface area contributed by atoms with Crippen LogP contribution in [0.3, 0.4) is 0 Å². The highest BCUT2D eigenvalue weighted by Crippen LogP contribution is 2.32. The fraction of sp³-hybridized carbons (Fsp3) is 0.429. The molecule has 0 unspecified atom stereocenters. The molecule has 2 aromatic carbocycles. The van der Waals surface area contributed by atoms with Crippen LogP contribution in [-0.2, 0) is 9.68 Å². The third kappa shape index (κ3) is 5.77. The molecule has 0 fully saturated rings. The number of benzene rings is 2. The topological polar surface area (TPSA) is 43.4 Å². The van der Waals surface area contributed by atoms with Crippen LogP contribution in [0.4, 0.5) is 11.4 Å². The normalized spacial score (nSPS) is 10.5. The van der Waals surface area contributed by atoms with Gasteiger partial charge in [0.05, 0.1) is 26.4 Å². The number of rotatable bonds is 12. The van der Waals surface area contributed by atoms with Crippen LogP contribution in [0.5, 0.6) is 11.5 Å². The van der Waals surface area contributed by atoms with E-state index in [1.807, 2.05) is 76.2 Å². The molecule has 0 aliphatic carbocycles. The van der Waals surface area contributed by atoms with Gasteiger partial charge in [0.25, 0.3) is 0 Å². The molecular weight excluding hydrogens is 344 g/mol. The average molecular weight is 374 g/mol. The molecule has 6 heteroatoms. The molecule has 0 amide bonds. The lowest BCUT2D eigenvalue weighted by Crippen LogP contribution is -2.39. The molecule has 0 heterocycles. The second-order valence-electron chi connectivity index (χ2n) is 5.54. The molecule has 0 spiro atoms. The lowest BCUT2D eigenvalue weighted by atomic mass is 10.3. The van der Waals surface area contributed by atoms with Crippen LogP contribution in [-0.4, -0.2) is 33.1 Å². The summed E-state index contributed by atoms with van der Waals surface area (Å²) < 4.78 is 11.5. The third-order valence-corrected chi connectivity index (χ3v) is 3.69. The van der Waals surface area contributed by atoms with Gasteiger partial charge in [0, 0.05) is 0 Å². The molecule has 0 aromatic heterocycles. The lowest BCUT2D eigenvalue weighted by Gasteiger charge is -2.32. The molecule has 27 heavy (non-hydrogen) atoms. The Balaban J connectivity index is 2.34. The first-order valence-electron chi connectivity index (χ1n) is 9.49. The summed E-state index contributed by atoms with van der Waals surface area (Å²) in [6.45, 7) is 10.4. The Hall–Kier alpha value is -2.44. The van der Waals surface area contributed by atoms with Crippen molar-refractivity contribution in [2.75, 3.05) is 43.2 Å². The predicted octanol–water partition coefficient (Wildman–Crippen LogP) is 4.66. The van der Waals surface area contributed by atoms with E-state index >= 15 is 0 Å². The molecule has 0 N–H and O–H groups in total. The third-order valence-electron chi connectivity index (χ3n) is 3.69. The summed E-state index contributed by atoms with van der Waals surface area (Å²) in [5, 5.41) is 3.56. The SMILES string of the molecule is CCOc1ccccc1N(CN(OCC)c1ccccc1OCC)OCC. The fourth-order valence-corrected chi connectivity index (χ4v) is 2.68. The molecule has 2 aromatic rings. The number of para-hydroxylation sites is 4. The number of nitrogens with zero attached hydrogens (tertiary/aromatic N) is 2. The van der Waals surface area contributed by atoms with Crippen molar-refractivity contribution in [1.29, 1.82) is 0 Å². The molecule has 2 rings (SSSR count). The largest absolute Gasteiger partial charge is 0.492 e. The van der Waals surface area contributed by atoms with E-state index in [9.17, 15) is 0 Å². The Bertz CT molecular complexity index is 623. The standard InChI is InChI=1S/C21H30N2O4/c1-5-24-20-15-11-9-13-18(20)22(26-7-3)17-23(27-8-4)19-14-10-12-16-21(19)25-6-2/h9-16H,5-8,17H2,1-4H3. The molecule has 148 valence electrons. The molecule has 6 nitrogen and oxygen atoms in total. The predicted molar refractivity (Wildman–Crippen MR) is 108 cm³/mol. The zero-order chi connectivity index (χ0) is 19.5. The maximum atomic E-state index is 5.90. The Morgan fingerprint density at radius 1 is 0.593 bits per heavy atom. The highest BCUT2D eigenvalue weighted by Gasteiger charge is 2.20. The van der Waals surface area contributed by atoms with Gasteiger partial charge in [-0.1, -0.05) is 24.3 Å².